The van der Waals surface area contributed by atoms with E-state index in [4.69, 9.17) is 16.3 Å². The zero-order valence-corrected chi connectivity index (χ0v) is 19.7. The number of benzene rings is 1. The molecule has 2 aliphatic rings. The second-order valence-electron chi connectivity index (χ2n) is 8.08. The van der Waals surface area contributed by atoms with Crippen LogP contribution >= 0.6 is 23.4 Å². The summed E-state index contributed by atoms with van der Waals surface area (Å²) in [5, 5.41) is 10.1. The summed E-state index contributed by atoms with van der Waals surface area (Å²) >= 11 is 7.55. The molecule has 9 heteroatoms. The topological polar surface area (TPSA) is 63.5 Å². The van der Waals surface area contributed by atoms with Gasteiger partial charge in [-0.25, -0.2) is 0 Å². The highest BCUT2D eigenvalue weighted by Crippen LogP contribution is 2.30. The largest absolute Gasteiger partial charge is 0.376 e. The molecule has 7 nitrogen and oxygen atoms in total. The Kier molecular flexibility index (Phi) is 7.53. The zero-order chi connectivity index (χ0) is 21.8. The Morgan fingerprint density at radius 2 is 1.97 bits per heavy atom. The van der Waals surface area contributed by atoms with Gasteiger partial charge in [-0.3, -0.25) is 9.36 Å². The average Bonchev–Trinajstić information content (AvgIpc) is 3.45. The van der Waals surface area contributed by atoms with E-state index < -0.39 is 0 Å². The van der Waals surface area contributed by atoms with Crippen LogP contribution < -0.4 is 0 Å². The maximum absolute atomic E-state index is 13.1. The van der Waals surface area contributed by atoms with Crippen LogP contribution in [-0.4, -0.2) is 81.2 Å². The average molecular weight is 464 g/mol. The number of carbonyl (C=O) groups is 1. The smallest absolute Gasteiger partial charge is 0.235 e. The van der Waals surface area contributed by atoms with Crippen LogP contribution in [0.1, 0.15) is 26.7 Å². The van der Waals surface area contributed by atoms with Crippen molar-refractivity contribution in [2.45, 2.75) is 49.7 Å². The molecule has 2 saturated heterocycles. The number of likely N-dealkylation sites (N-methyl/N-ethyl adjacent to an activating group) is 1. The normalized spacial score (nSPS) is 20.9. The van der Waals surface area contributed by atoms with Crippen molar-refractivity contribution in [3.05, 3.63) is 29.3 Å². The lowest BCUT2D eigenvalue weighted by Gasteiger charge is -2.35. The number of thioether (sulfide) groups is 1. The Balaban J connectivity index is 1.51. The van der Waals surface area contributed by atoms with Crippen molar-refractivity contribution in [1.29, 1.82) is 0 Å². The number of aromatic nitrogens is 3. The Bertz CT molecular complexity index is 877. The summed E-state index contributed by atoms with van der Waals surface area (Å²) in [5.74, 6) is 0.950. The maximum atomic E-state index is 13.1. The number of ether oxygens (including phenoxy) is 1. The molecule has 0 bridgehead atoms. The first-order chi connectivity index (χ1) is 15.0. The first-order valence-corrected chi connectivity index (χ1v) is 12.3. The lowest BCUT2D eigenvalue weighted by molar-refractivity contribution is -0.132. The van der Waals surface area contributed by atoms with Crippen LogP contribution in [0.5, 0.6) is 0 Å². The van der Waals surface area contributed by atoms with Gasteiger partial charge in [0.1, 0.15) is 0 Å². The Morgan fingerprint density at radius 3 is 2.61 bits per heavy atom. The second kappa shape index (κ2) is 10.3. The molecule has 1 aromatic heterocycles. The summed E-state index contributed by atoms with van der Waals surface area (Å²) in [6.45, 7) is 10.1. The third-order valence-electron chi connectivity index (χ3n) is 5.99. The summed E-state index contributed by atoms with van der Waals surface area (Å²) in [7, 11) is 0. The Morgan fingerprint density at radius 1 is 1.23 bits per heavy atom. The molecule has 1 aromatic carbocycles. The van der Waals surface area contributed by atoms with Crippen molar-refractivity contribution in [2.75, 3.05) is 39.3 Å². The number of halogens is 1. The number of nitrogens with zero attached hydrogens (tertiary/aromatic N) is 5. The summed E-state index contributed by atoms with van der Waals surface area (Å²) in [4.78, 5) is 17.4. The molecule has 0 spiro atoms. The fourth-order valence-electron chi connectivity index (χ4n) is 4.10. The van der Waals surface area contributed by atoms with Crippen LogP contribution in [0.15, 0.2) is 29.4 Å². The molecule has 2 aliphatic heterocycles. The van der Waals surface area contributed by atoms with Crippen molar-refractivity contribution in [3.63, 3.8) is 0 Å². The second-order valence-corrected chi connectivity index (χ2v) is 9.82. The van der Waals surface area contributed by atoms with Gasteiger partial charge in [-0.05, 0) is 50.6 Å². The van der Waals surface area contributed by atoms with Gasteiger partial charge in [-0.1, -0.05) is 30.3 Å². The van der Waals surface area contributed by atoms with E-state index in [1.165, 1.54) is 11.8 Å². The molecule has 3 heterocycles. The van der Waals surface area contributed by atoms with Gasteiger partial charge < -0.3 is 14.5 Å². The Labute approximate surface area is 193 Å². The molecule has 0 N–H and O–H groups in total. The molecule has 0 aliphatic carbocycles. The molecule has 0 unspecified atom stereocenters. The summed E-state index contributed by atoms with van der Waals surface area (Å²) in [6.07, 6.45) is 2.25. The summed E-state index contributed by atoms with van der Waals surface area (Å²) < 4.78 is 7.97. The van der Waals surface area contributed by atoms with E-state index >= 15 is 0 Å². The van der Waals surface area contributed by atoms with Gasteiger partial charge in [-0.15, -0.1) is 10.2 Å². The quantitative estimate of drug-likeness (QED) is 0.586. The number of hydrogen-bond acceptors (Lipinski definition) is 6. The summed E-state index contributed by atoms with van der Waals surface area (Å²) in [6, 6.07) is 7.62. The molecule has 31 heavy (non-hydrogen) atoms. The molecule has 1 amide bonds. The first-order valence-electron chi connectivity index (χ1n) is 11.0. The van der Waals surface area contributed by atoms with E-state index in [2.05, 4.69) is 26.6 Å². The van der Waals surface area contributed by atoms with Crippen molar-refractivity contribution < 1.29 is 9.53 Å². The van der Waals surface area contributed by atoms with Crippen molar-refractivity contribution in [2.24, 2.45) is 0 Å². The number of rotatable bonds is 7. The number of amides is 1. The molecular formula is C22H30ClN5O2S. The van der Waals surface area contributed by atoms with Gasteiger partial charge in [0.2, 0.25) is 5.91 Å². The Hall–Kier alpha value is -1.61. The van der Waals surface area contributed by atoms with Crippen LogP contribution in [0, 0.1) is 0 Å². The molecule has 0 saturated carbocycles. The lowest BCUT2D eigenvalue weighted by Crippen LogP contribution is -2.50. The first kappa shape index (κ1) is 22.6. The highest BCUT2D eigenvalue weighted by molar-refractivity contribution is 8.00. The van der Waals surface area contributed by atoms with Gasteiger partial charge in [0, 0.05) is 43.4 Å². The molecular weight excluding hydrogens is 434 g/mol. The van der Waals surface area contributed by atoms with Gasteiger partial charge in [-0.2, -0.15) is 0 Å². The third kappa shape index (κ3) is 5.42. The fourth-order valence-corrected chi connectivity index (χ4v) is 5.16. The van der Waals surface area contributed by atoms with Gasteiger partial charge in [0.25, 0.3) is 0 Å². The minimum Gasteiger partial charge on any atom is -0.376 e. The number of piperazine rings is 1. The van der Waals surface area contributed by atoms with E-state index in [0.29, 0.717) is 11.6 Å². The zero-order valence-electron chi connectivity index (χ0n) is 18.2. The van der Waals surface area contributed by atoms with Crippen LogP contribution in [0.3, 0.4) is 0 Å². The van der Waals surface area contributed by atoms with Crippen LogP contribution in [-0.2, 0) is 16.1 Å². The minimum absolute atomic E-state index is 0.148. The predicted molar refractivity (Wildman–Crippen MR) is 123 cm³/mol. The highest BCUT2D eigenvalue weighted by atomic mass is 35.5. The van der Waals surface area contributed by atoms with Crippen molar-refractivity contribution in [1.82, 2.24) is 24.6 Å². The molecule has 2 atom stereocenters. The minimum atomic E-state index is -0.223. The van der Waals surface area contributed by atoms with Crippen molar-refractivity contribution in [3.8, 4) is 11.4 Å². The SMILES string of the molecule is CCN1CCN(C(=O)[C@@H](C)Sc2nnc(-c3ccc(Cl)cc3)n2C[C@@H]2CCCO2)CC1. The van der Waals surface area contributed by atoms with Gasteiger partial charge >= 0.3 is 0 Å². The third-order valence-corrected chi connectivity index (χ3v) is 7.31. The highest BCUT2D eigenvalue weighted by Gasteiger charge is 2.28. The monoisotopic (exact) mass is 463 g/mol. The predicted octanol–water partition coefficient (Wildman–Crippen LogP) is 3.42. The molecule has 4 rings (SSSR count). The van der Waals surface area contributed by atoms with E-state index in [-0.39, 0.29) is 17.3 Å². The van der Waals surface area contributed by atoms with Crippen molar-refractivity contribution >= 4 is 29.3 Å². The lowest BCUT2D eigenvalue weighted by atomic mass is 10.2. The standard InChI is InChI=1S/C22H30ClN5O2S/c1-3-26-10-12-27(13-11-26)21(29)16(2)31-22-25-24-20(17-6-8-18(23)9-7-17)28(22)15-19-5-4-14-30-19/h6-9,16,19H,3-5,10-15H2,1-2H3/t16-,19+/m1/s1. The van der Waals surface area contributed by atoms with E-state index in [1.54, 1.807) is 0 Å². The van der Waals surface area contributed by atoms with Gasteiger partial charge in [0.15, 0.2) is 11.0 Å². The molecule has 0 radical (unpaired) electrons. The van der Waals surface area contributed by atoms with Crippen LogP contribution in [0.2, 0.25) is 5.02 Å². The van der Waals surface area contributed by atoms with E-state index in [0.717, 1.165) is 68.7 Å². The van der Waals surface area contributed by atoms with Gasteiger partial charge in [0.05, 0.1) is 17.9 Å². The number of carbonyl (C=O) groups excluding carboxylic acids is 1. The molecule has 2 fully saturated rings. The number of hydrogen-bond donors (Lipinski definition) is 0. The maximum Gasteiger partial charge on any atom is 0.235 e. The summed E-state index contributed by atoms with van der Waals surface area (Å²) in [5.41, 5.74) is 0.955. The molecule has 2 aromatic rings. The van der Waals surface area contributed by atoms with E-state index in [1.807, 2.05) is 36.1 Å². The molecule has 168 valence electrons. The fraction of sp³-hybridized carbons (Fsp3) is 0.591. The van der Waals surface area contributed by atoms with Crippen LogP contribution in [0.4, 0.5) is 0 Å². The van der Waals surface area contributed by atoms with Crippen LogP contribution in [0.25, 0.3) is 11.4 Å². The van der Waals surface area contributed by atoms with E-state index in [9.17, 15) is 4.79 Å².